The summed E-state index contributed by atoms with van der Waals surface area (Å²) < 4.78 is 1.41. The van der Waals surface area contributed by atoms with Crippen molar-refractivity contribution in [2.24, 2.45) is 5.92 Å². The summed E-state index contributed by atoms with van der Waals surface area (Å²) in [5, 5.41) is 15.4. The number of benzene rings is 1. The fourth-order valence-corrected chi connectivity index (χ4v) is 6.80. The molecule has 0 spiro atoms. The van der Waals surface area contributed by atoms with E-state index < -0.39 is 11.5 Å². The quantitative estimate of drug-likeness (QED) is 0.306. The fraction of sp³-hybridized carbons (Fsp3) is 0.276. The Bertz CT molecular complexity index is 1880. The number of nitrogens with one attached hydrogen (secondary N) is 2. The van der Waals surface area contributed by atoms with E-state index in [1.807, 2.05) is 37.5 Å². The highest BCUT2D eigenvalue weighted by Crippen LogP contribution is 2.46. The number of likely N-dealkylation sites (N-methyl/N-ethyl adjacent to an activating group) is 1. The zero-order valence-electron chi connectivity index (χ0n) is 21.5. The third kappa shape index (κ3) is 3.60. The van der Waals surface area contributed by atoms with Gasteiger partial charge in [-0.25, -0.2) is 9.78 Å². The first kappa shape index (κ1) is 24.0. The molecule has 198 valence electrons. The van der Waals surface area contributed by atoms with Crippen LogP contribution in [0.3, 0.4) is 0 Å². The number of nitrogens with zero attached hydrogens (tertiary/aromatic N) is 4. The van der Waals surface area contributed by atoms with E-state index in [0.29, 0.717) is 22.5 Å². The molecule has 0 bridgehead atoms. The lowest BCUT2D eigenvalue weighted by molar-refractivity contribution is 0.0694. The van der Waals surface area contributed by atoms with Crippen LogP contribution in [0.1, 0.15) is 16.8 Å². The SMILES string of the molecule is CNc1cc(Cl)cc2c1[nH]c1ncc(-c3ccc4ccc(C(=O)O)c(=O)n4c3)c(N3CCC4CN(C)C[C@H]43)c12. The molecular weight excluding hydrogens is 516 g/mol. The van der Waals surface area contributed by atoms with Crippen LogP contribution in [0.4, 0.5) is 11.4 Å². The highest BCUT2D eigenvalue weighted by atomic mass is 35.5. The molecule has 2 aliphatic rings. The van der Waals surface area contributed by atoms with Gasteiger partial charge in [0.1, 0.15) is 11.2 Å². The number of likely N-dealkylation sites (tertiary alicyclic amines) is 1. The normalized spacial score (nSPS) is 19.4. The number of H-pyrrole nitrogens is 1. The number of anilines is 2. The summed E-state index contributed by atoms with van der Waals surface area (Å²) in [6.07, 6.45) is 4.68. The maximum absolute atomic E-state index is 13.1. The predicted molar refractivity (Wildman–Crippen MR) is 155 cm³/mol. The van der Waals surface area contributed by atoms with E-state index in [1.165, 1.54) is 10.5 Å². The van der Waals surface area contributed by atoms with Crippen molar-refractivity contribution >= 4 is 56.4 Å². The molecule has 7 rings (SSSR count). The number of pyridine rings is 3. The average molecular weight is 543 g/mol. The summed E-state index contributed by atoms with van der Waals surface area (Å²) in [4.78, 5) is 37.9. The monoisotopic (exact) mass is 542 g/mol. The van der Waals surface area contributed by atoms with Crippen molar-refractivity contribution in [2.75, 3.05) is 43.9 Å². The standard InChI is InChI=1S/C29H27ClN6O3/c1-31-22-10-17(30)9-20-24-26(35-8-7-16-12-34(2)14-23(16)35)21(11-32-27(24)33-25(20)22)15-3-4-18-5-6-19(29(38)39)28(37)36(18)13-15/h3-6,9-11,13,16,23,31H,7-8,12,14H2,1-2H3,(H,32,33)(H,38,39)/t16?,23-/m1/s1. The number of halogens is 1. The maximum atomic E-state index is 13.1. The van der Waals surface area contributed by atoms with E-state index in [-0.39, 0.29) is 5.56 Å². The van der Waals surface area contributed by atoms with Crippen molar-refractivity contribution in [3.8, 4) is 11.1 Å². The zero-order valence-corrected chi connectivity index (χ0v) is 22.3. The Morgan fingerprint density at radius 2 is 2.03 bits per heavy atom. The van der Waals surface area contributed by atoms with E-state index in [0.717, 1.165) is 70.5 Å². The van der Waals surface area contributed by atoms with Crippen LogP contribution in [-0.2, 0) is 0 Å². The zero-order chi connectivity index (χ0) is 27.0. The van der Waals surface area contributed by atoms with Gasteiger partial charge >= 0.3 is 5.97 Å². The van der Waals surface area contributed by atoms with Gasteiger partial charge in [-0.05, 0) is 49.7 Å². The van der Waals surface area contributed by atoms with Gasteiger partial charge in [-0.3, -0.25) is 9.20 Å². The molecule has 2 atom stereocenters. The number of hydrogen-bond acceptors (Lipinski definition) is 6. The van der Waals surface area contributed by atoms with Gasteiger partial charge in [-0.2, -0.15) is 0 Å². The molecule has 2 saturated heterocycles. The molecule has 6 heterocycles. The van der Waals surface area contributed by atoms with Crippen LogP contribution in [-0.4, -0.2) is 70.1 Å². The summed E-state index contributed by atoms with van der Waals surface area (Å²) >= 11 is 6.58. The van der Waals surface area contributed by atoms with Gasteiger partial charge in [0.2, 0.25) is 0 Å². The Balaban J connectivity index is 1.54. The summed E-state index contributed by atoms with van der Waals surface area (Å²) in [6, 6.07) is 11.0. The highest BCUT2D eigenvalue weighted by molar-refractivity contribution is 6.33. The third-order valence-corrected chi connectivity index (χ3v) is 8.56. The number of carbonyl (C=O) groups is 1. The number of aromatic carboxylic acids is 1. The second-order valence-electron chi connectivity index (χ2n) is 10.6. The number of fused-ring (bicyclic) bond motifs is 5. The lowest BCUT2D eigenvalue weighted by Crippen LogP contribution is -2.35. The van der Waals surface area contributed by atoms with Crippen LogP contribution >= 0.6 is 11.6 Å². The maximum Gasteiger partial charge on any atom is 0.341 e. The second-order valence-corrected chi connectivity index (χ2v) is 11.0. The van der Waals surface area contributed by atoms with Crippen LogP contribution in [0.25, 0.3) is 38.6 Å². The Morgan fingerprint density at radius 1 is 1.21 bits per heavy atom. The van der Waals surface area contributed by atoms with Crippen molar-refractivity contribution in [3.63, 3.8) is 0 Å². The van der Waals surface area contributed by atoms with Gasteiger partial charge in [0.15, 0.2) is 0 Å². The molecule has 0 saturated carbocycles. The van der Waals surface area contributed by atoms with E-state index in [4.69, 9.17) is 16.6 Å². The number of hydrogen-bond donors (Lipinski definition) is 3. The molecule has 2 fully saturated rings. The van der Waals surface area contributed by atoms with E-state index in [1.54, 1.807) is 12.3 Å². The molecule has 2 aliphatic heterocycles. The van der Waals surface area contributed by atoms with Crippen LogP contribution in [0.2, 0.25) is 5.02 Å². The van der Waals surface area contributed by atoms with E-state index in [9.17, 15) is 14.7 Å². The number of aromatic amines is 1. The molecule has 9 nitrogen and oxygen atoms in total. The average Bonchev–Trinajstić information content (AvgIpc) is 3.59. The summed E-state index contributed by atoms with van der Waals surface area (Å²) in [5.41, 5.74) is 5.12. The van der Waals surface area contributed by atoms with Crippen molar-refractivity contribution in [2.45, 2.75) is 12.5 Å². The molecule has 0 aliphatic carbocycles. The van der Waals surface area contributed by atoms with Gasteiger partial charge in [-0.1, -0.05) is 17.7 Å². The van der Waals surface area contributed by atoms with Gasteiger partial charge in [0.05, 0.1) is 22.3 Å². The second kappa shape index (κ2) is 8.72. The van der Waals surface area contributed by atoms with Crippen LogP contribution in [0.15, 0.2) is 53.6 Å². The van der Waals surface area contributed by atoms with Crippen molar-refractivity contribution in [3.05, 3.63) is 69.7 Å². The van der Waals surface area contributed by atoms with Crippen molar-refractivity contribution in [1.29, 1.82) is 0 Å². The molecule has 39 heavy (non-hydrogen) atoms. The Kier molecular flexibility index (Phi) is 5.37. The van der Waals surface area contributed by atoms with Crippen molar-refractivity contribution < 1.29 is 9.90 Å². The Morgan fingerprint density at radius 3 is 2.82 bits per heavy atom. The van der Waals surface area contributed by atoms with Gasteiger partial charge in [-0.15, -0.1) is 0 Å². The molecular formula is C29H27ClN6O3. The molecule has 0 radical (unpaired) electrons. The number of rotatable bonds is 4. The molecule has 5 aromatic rings. The molecule has 0 amide bonds. The first-order valence-electron chi connectivity index (χ1n) is 13.0. The fourth-order valence-electron chi connectivity index (χ4n) is 6.58. The van der Waals surface area contributed by atoms with Crippen LogP contribution < -0.4 is 15.8 Å². The lowest BCUT2D eigenvalue weighted by atomic mass is 10.0. The van der Waals surface area contributed by atoms with Crippen molar-refractivity contribution in [1.82, 2.24) is 19.3 Å². The van der Waals surface area contributed by atoms with E-state index >= 15 is 0 Å². The van der Waals surface area contributed by atoms with Crippen LogP contribution in [0, 0.1) is 5.92 Å². The lowest BCUT2D eigenvalue weighted by Gasteiger charge is -2.29. The largest absolute Gasteiger partial charge is 0.477 e. The minimum atomic E-state index is -1.24. The number of aromatic nitrogens is 3. The summed E-state index contributed by atoms with van der Waals surface area (Å²) in [7, 11) is 4.04. The smallest absolute Gasteiger partial charge is 0.341 e. The summed E-state index contributed by atoms with van der Waals surface area (Å²) in [5.74, 6) is -0.668. The first-order valence-corrected chi connectivity index (χ1v) is 13.4. The van der Waals surface area contributed by atoms with Gasteiger partial charge in [0, 0.05) is 72.2 Å². The topological polar surface area (TPSA) is 106 Å². The van der Waals surface area contributed by atoms with Crippen LogP contribution in [0.5, 0.6) is 0 Å². The Labute approximate surface area is 228 Å². The summed E-state index contributed by atoms with van der Waals surface area (Å²) in [6.45, 7) is 2.95. The molecule has 1 aromatic carbocycles. The molecule has 3 N–H and O–H groups in total. The molecule has 4 aromatic heterocycles. The predicted octanol–water partition coefficient (Wildman–Crippen LogP) is 4.53. The van der Waals surface area contributed by atoms with Gasteiger partial charge in [0.25, 0.3) is 5.56 Å². The third-order valence-electron chi connectivity index (χ3n) is 8.35. The van der Waals surface area contributed by atoms with Gasteiger partial charge < -0.3 is 25.2 Å². The molecule has 10 heteroatoms. The first-order chi connectivity index (χ1) is 18.8. The Hall–Kier alpha value is -4.08. The molecule has 1 unspecified atom stereocenters. The number of carboxylic acids is 1. The minimum absolute atomic E-state index is 0.263. The number of carboxylic acid groups (broad SMARTS) is 1. The highest BCUT2D eigenvalue weighted by Gasteiger charge is 2.41. The van der Waals surface area contributed by atoms with E-state index in [2.05, 4.69) is 27.1 Å². The minimum Gasteiger partial charge on any atom is -0.477 e.